The van der Waals surface area contributed by atoms with E-state index in [1.807, 2.05) is 12.2 Å². The van der Waals surface area contributed by atoms with Crippen molar-refractivity contribution in [3.05, 3.63) is 146 Å². The van der Waals surface area contributed by atoms with E-state index in [0.29, 0.717) is 25.7 Å². The Balaban J connectivity index is 5.44. The second-order valence-electron chi connectivity index (χ2n) is 25.5. The fourth-order valence-electron chi connectivity index (χ4n) is 10.0. The Morgan fingerprint density at radius 2 is 0.549 bits per heavy atom. The van der Waals surface area contributed by atoms with E-state index in [1.165, 1.54) is 51.4 Å². The summed E-state index contributed by atoms with van der Waals surface area (Å²) in [6.45, 7) is 4.39. The second kappa shape index (κ2) is 74.2. The molecule has 0 spiro atoms. The zero-order valence-electron chi connectivity index (χ0n) is 63.5. The van der Waals surface area contributed by atoms with Gasteiger partial charge in [0.15, 0.2) is 12.2 Å². The highest BCUT2D eigenvalue weighted by Crippen LogP contribution is 2.45. The lowest BCUT2D eigenvalue weighted by Gasteiger charge is -2.21. The number of aliphatic hydroxyl groups excluding tert-OH is 1. The van der Waals surface area contributed by atoms with E-state index in [-0.39, 0.29) is 25.7 Å². The number of allylic oxidation sites excluding steroid dienone is 23. The standard InChI is InChI=1S/C83H138O17P2/c1-5-9-13-17-21-25-29-33-36-38-41-44-47-51-55-59-63-67-80(85)93-73-78(99-82(87)69-65-61-57-53-49-43-32-28-24-20-16-12-8-4)75-97-101(89,90)95-71-77(84)72-96-102(91,92)98-76-79(100-83(88)70-66-62-58-54-50-46-40-35-31-27-23-19-15-11-7-3)74-94-81(86)68-64-60-56-52-48-45-42-39-37-34-30-26-22-18-14-10-6-2/h9-11,13-15,21-23,25-27,33-37,40,42,45,50,54,62,66,77-79,84H,5-8,12,16-20,24,28-32,38-39,41,43-44,46-49,51-53,55-61,63-65,67-76H2,1-4H3,(H,89,90)(H,91,92)/b13-9-,14-10-,15-11-,25-21-,26-22-,27-23-,36-33-,37-34-,40-35-,45-42-,54-50-,66-62-. The van der Waals surface area contributed by atoms with Crippen LogP contribution in [0.15, 0.2) is 146 Å². The predicted octanol–water partition coefficient (Wildman–Crippen LogP) is 22.7. The van der Waals surface area contributed by atoms with Crippen molar-refractivity contribution >= 4 is 39.5 Å². The number of phosphoric acid groups is 2. The molecule has 0 fully saturated rings. The maximum Gasteiger partial charge on any atom is 0.472 e. The molecule has 0 bridgehead atoms. The maximum absolute atomic E-state index is 13.1. The van der Waals surface area contributed by atoms with Gasteiger partial charge in [-0.05, 0) is 122 Å². The van der Waals surface area contributed by atoms with Gasteiger partial charge >= 0.3 is 39.5 Å². The maximum atomic E-state index is 13.1. The molecule has 0 amide bonds. The van der Waals surface area contributed by atoms with Crippen LogP contribution in [0, 0.1) is 0 Å². The molecule has 0 saturated carbocycles. The molecule has 17 nitrogen and oxygen atoms in total. The van der Waals surface area contributed by atoms with Gasteiger partial charge < -0.3 is 33.8 Å². The topological polar surface area (TPSA) is 237 Å². The van der Waals surface area contributed by atoms with Gasteiger partial charge in [0.2, 0.25) is 0 Å². The van der Waals surface area contributed by atoms with Gasteiger partial charge in [-0.15, -0.1) is 0 Å². The Morgan fingerprint density at radius 3 is 0.873 bits per heavy atom. The van der Waals surface area contributed by atoms with Crippen molar-refractivity contribution in [3.63, 3.8) is 0 Å². The van der Waals surface area contributed by atoms with Crippen molar-refractivity contribution in [2.24, 2.45) is 0 Å². The number of carbonyl (C=O) groups is 4. The quantitative estimate of drug-likeness (QED) is 0.0169. The number of ether oxygens (including phenoxy) is 4. The van der Waals surface area contributed by atoms with Gasteiger partial charge in [-0.1, -0.05) is 296 Å². The average molecular weight is 1470 g/mol. The number of hydrogen-bond acceptors (Lipinski definition) is 15. The SMILES string of the molecule is CC/C=C\C/C=C\C/C=C\C/C=C\C/C=C\CC(=O)OC(COC(=O)CCCCCC/C=C\C/C=C\C/C=C\C/C=C\CC)COP(=O)(O)OCC(O)COP(=O)(O)OCC(COC(=O)CCCCCCCCC/C=C\C/C=C\C/C=C\CC)OC(=O)CCCCCCCCCCCCCCC. The number of aliphatic hydroxyl groups is 1. The highest BCUT2D eigenvalue weighted by molar-refractivity contribution is 7.47. The van der Waals surface area contributed by atoms with Gasteiger partial charge in [-0.25, -0.2) is 9.13 Å². The summed E-state index contributed by atoms with van der Waals surface area (Å²) in [4.78, 5) is 72.9. The number of unbranched alkanes of at least 4 members (excludes halogenated alkanes) is 23. The number of carbonyl (C=O) groups excluding carboxylic acids is 4. The molecule has 0 aliphatic heterocycles. The van der Waals surface area contributed by atoms with Crippen LogP contribution in [-0.2, 0) is 65.4 Å². The Bertz CT molecular complexity index is 2510. The normalized spacial score (nSPS) is 14.7. The number of phosphoric ester groups is 2. The fraction of sp³-hybridized carbons (Fsp3) is 0.663. The Hall–Kier alpha value is -5.06. The third-order valence-corrected chi connectivity index (χ3v) is 17.7. The lowest BCUT2D eigenvalue weighted by atomic mass is 10.0. The summed E-state index contributed by atoms with van der Waals surface area (Å²) >= 11 is 0. The van der Waals surface area contributed by atoms with Crippen LogP contribution in [0.5, 0.6) is 0 Å². The van der Waals surface area contributed by atoms with Gasteiger partial charge in [-0.2, -0.15) is 0 Å². The van der Waals surface area contributed by atoms with Crippen LogP contribution in [0.1, 0.15) is 297 Å². The smallest absolute Gasteiger partial charge is 0.462 e. The van der Waals surface area contributed by atoms with Gasteiger partial charge in [0.05, 0.1) is 32.8 Å². The van der Waals surface area contributed by atoms with Crippen molar-refractivity contribution in [2.75, 3.05) is 39.6 Å². The molecule has 102 heavy (non-hydrogen) atoms. The monoisotopic (exact) mass is 1470 g/mol. The molecule has 0 radical (unpaired) electrons. The van der Waals surface area contributed by atoms with Crippen molar-refractivity contribution in [1.29, 1.82) is 0 Å². The molecule has 0 heterocycles. The third-order valence-electron chi connectivity index (χ3n) is 15.8. The first kappa shape index (κ1) is 96.9. The van der Waals surface area contributed by atoms with Gasteiger partial charge in [-0.3, -0.25) is 37.3 Å². The minimum atomic E-state index is -5.01. The minimum Gasteiger partial charge on any atom is -0.462 e. The van der Waals surface area contributed by atoms with Gasteiger partial charge in [0.25, 0.3) is 0 Å². The molecule has 0 aliphatic carbocycles. The first-order valence-corrected chi connectivity index (χ1v) is 42.1. The van der Waals surface area contributed by atoms with Gasteiger partial charge in [0.1, 0.15) is 19.3 Å². The fourth-order valence-corrected chi connectivity index (χ4v) is 11.6. The van der Waals surface area contributed by atoms with E-state index in [0.717, 1.165) is 167 Å². The summed E-state index contributed by atoms with van der Waals surface area (Å²) in [6.07, 6.45) is 84.3. The van der Waals surface area contributed by atoms with Gasteiger partial charge in [0, 0.05) is 19.3 Å². The lowest BCUT2D eigenvalue weighted by molar-refractivity contribution is -0.161. The van der Waals surface area contributed by atoms with E-state index in [9.17, 15) is 43.2 Å². The van der Waals surface area contributed by atoms with Crippen LogP contribution in [0.25, 0.3) is 0 Å². The van der Waals surface area contributed by atoms with Crippen molar-refractivity contribution in [3.8, 4) is 0 Å². The molecule has 0 aliphatic rings. The van der Waals surface area contributed by atoms with E-state index in [4.69, 9.17) is 37.0 Å². The first-order valence-electron chi connectivity index (χ1n) is 39.1. The number of esters is 4. The third kappa shape index (κ3) is 73.3. The Labute approximate surface area is 617 Å². The van der Waals surface area contributed by atoms with Crippen molar-refractivity contribution in [2.45, 2.75) is 316 Å². The second-order valence-corrected chi connectivity index (χ2v) is 28.4. The van der Waals surface area contributed by atoms with Crippen LogP contribution >= 0.6 is 15.6 Å². The molecular weight excluding hydrogens is 1330 g/mol. The largest absolute Gasteiger partial charge is 0.472 e. The molecule has 3 N–H and O–H groups in total. The molecule has 0 aromatic heterocycles. The summed E-state index contributed by atoms with van der Waals surface area (Å²) in [5.74, 6) is -2.36. The number of hydrogen-bond donors (Lipinski definition) is 3. The Kier molecular flexibility index (Phi) is 70.5. The predicted molar refractivity (Wildman–Crippen MR) is 417 cm³/mol. The summed E-state index contributed by atoms with van der Waals surface area (Å²) in [5, 5.41) is 10.6. The molecule has 0 aromatic carbocycles. The molecule has 19 heteroatoms. The highest BCUT2D eigenvalue weighted by Gasteiger charge is 2.30. The van der Waals surface area contributed by atoms with E-state index >= 15 is 0 Å². The molecule has 5 unspecified atom stereocenters. The van der Waals surface area contributed by atoms with Crippen LogP contribution in [0.4, 0.5) is 0 Å². The zero-order valence-corrected chi connectivity index (χ0v) is 65.3. The molecular formula is C83H138O17P2. The molecule has 0 aromatic rings. The summed E-state index contributed by atoms with van der Waals surface area (Å²) in [7, 11) is -10.00. The van der Waals surface area contributed by atoms with Crippen LogP contribution in [0.2, 0.25) is 0 Å². The lowest BCUT2D eigenvalue weighted by Crippen LogP contribution is -2.30. The molecule has 5 atom stereocenters. The van der Waals surface area contributed by atoms with Crippen LogP contribution in [-0.4, -0.2) is 96.7 Å². The summed E-state index contributed by atoms with van der Waals surface area (Å²) in [6, 6.07) is 0. The average Bonchev–Trinajstić information content (AvgIpc) is 0.907. The van der Waals surface area contributed by atoms with E-state index < -0.39 is 97.5 Å². The molecule has 0 saturated heterocycles. The van der Waals surface area contributed by atoms with Crippen LogP contribution < -0.4 is 0 Å². The number of rotatable bonds is 72. The zero-order chi connectivity index (χ0) is 74.6. The highest BCUT2D eigenvalue weighted by atomic mass is 31.2. The van der Waals surface area contributed by atoms with E-state index in [2.05, 4.69) is 149 Å². The first-order chi connectivity index (χ1) is 49.7. The summed E-state index contributed by atoms with van der Waals surface area (Å²) in [5.41, 5.74) is 0. The molecule has 582 valence electrons. The van der Waals surface area contributed by atoms with Crippen LogP contribution in [0.3, 0.4) is 0 Å². The van der Waals surface area contributed by atoms with E-state index in [1.54, 1.807) is 12.2 Å². The van der Waals surface area contributed by atoms with Crippen molar-refractivity contribution in [1.82, 2.24) is 0 Å². The Morgan fingerprint density at radius 1 is 0.294 bits per heavy atom. The molecule has 0 rings (SSSR count). The van der Waals surface area contributed by atoms with Crippen molar-refractivity contribution < 1.29 is 80.2 Å². The summed E-state index contributed by atoms with van der Waals surface area (Å²) < 4.78 is 68.4. The minimum absolute atomic E-state index is 0.0895.